The highest BCUT2D eigenvalue weighted by Gasteiger charge is 2.40. The zero-order valence-electron chi connectivity index (χ0n) is 14.6. The molecule has 5 heteroatoms. The maximum Gasteiger partial charge on any atom is 0.118 e. The van der Waals surface area contributed by atoms with Gasteiger partial charge in [-0.1, -0.05) is 51.8 Å². The molecule has 134 valence electrons. The van der Waals surface area contributed by atoms with E-state index in [2.05, 4.69) is 59.2 Å². The van der Waals surface area contributed by atoms with Crippen molar-refractivity contribution in [1.82, 2.24) is 4.90 Å². The quantitative estimate of drug-likeness (QED) is 0.624. The number of halogens is 2. The second-order valence-electron chi connectivity index (χ2n) is 6.76. The minimum absolute atomic E-state index is 0.378. The third-order valence-electron chi connectivity index (χ3n) is 4.50. The third kappa shape index (κ3) is 4.63. The van der Waals surface area contributed by atoms with Crippen LogP contribution in [-0.4, -0.2) is 32.1 Å². The molecule has 0 saturated carbocycles. The molecule has 1 atom stereocenters. The highest BCUT2D eigenvalue weighted by Crippen LogP contribution is 2.39. The van der Waals surface area contributed by atoms with E-state index in [1.807, 2.05) is 18.2 Å². The van der Waals surface area contributed by atoms with Crippen molar-refractivity contribution in [2.75, 3.05) is 27.2 Å². The smallest absolute Gasteiger partial charge is 0.118 e. The van der Waals surface area contributed by atoms with Gasteiger partial charge in [0.25, 0.3) is 0 Å². The van der Waals surface area contributed by atoms with Crippen molar-refractivity contribution in [3.05, 3.63) is 68.7 Å². The molecule has 1 aliphatic rings. The van der Waals surface area contributed by atoms with Crippen molar-refractivity contribution in [1.29, 1.82) is 0 Å². The molecule has 2 aromatic rings. The molecule has 0 N–H and O–H groups in total. The summed E-state index contributed by atoms with van der Waals surface area (Å²) in [6.45, 7) is 2.63. The second kappa shape index (κ2) is 8.19. The van der Waals surface area contributed by atoms with Crippen LogP contribution < -0.4 is 0 Å². The van der Waals surface area contributed by atoms with Gasteiger partial charge in [0, 0.05) is 16.0 Å². The number of benzene rings is 2. The SMILES string of the molecule is CN(C)CCC1(COCc2cc(Cl)cc(Br)c2)OCc2ccccc21. The molecule has 0 aromatic heterocycles. The van der Waals surface area contributed by atoms with Crippen molar-refractivity contribution >= 4 is 27.5 Å². The molecular formula is C20H23BrClNO2. The first-order valence-electron chi connectivity index (χ1n) is 8.38. The molecule has 25 heavy (non-hydrogen) atoms. The maximum absolute atomic E-state index is 6.26. The summed E-state index contributed by atoms with van der Waals surface area (Å²) in [7, 11) is 4.16. The first-order chi connectivity index (χ1) is 12.0. The van der Waals surface area contributed by atoms with Gasteiger partial charge < -0.3 is 14.4 Å². The Bertz CT molecular complexity index is 717. The largest absolute Gasteiger partial charge is 0.373 e. The van der Waals surface area contributed by atoms with Crippen molar-refractivity contribution in [3.8, 4) is 0 Å². The number of nitrogens with zero attached hydrogens (tertiary/aromatic N) is 1. The lowest BCUT2D eigenvalue weighted by molar-refractivity contribution is -0.105. The Balaban J connectivity index is 1.73. The van der Waals surface area contributed by atoms with Gasteiger partial charge in [0.2, 0.25) is 0 Å². The molecule has 3 nitrogen and oxygen atoms in total. The Hall–Kier alpha value is -0.910. The molecule has 0 aliphatic carbocycles. The first kappa shape index (κ1) is 18.9. The van der Waals surface area contributed by atoms with E-state index in [4.69, 9.17) is 21.1 Å². The highest BCUT2D eigenvalue weighted by atomic mass is 79.9. The number of ether oxygens (including phenoxy) is 2. The van der Waals surface area contributed by atoms with E-state index < -0.39 is 0 Å². The fraction of sp³-hybridized carbons (Fsp3) is 0.400. The number of fused-ring (bicyclic) bond motifs is 1. The topological polar surface area (TPSA) is 21.7 Å². The van der Waals surface area contributed by atoms with Crippen molar-refractivity contribution in [2.24, 2.45) is 0 Å². The van der Waals surface area contributed by atoms with Crippen LogP contribution in [-0.2, 0) is 28.3 Å². The Morgan fingerprint density at radius 2 is 2.04 bits per heavy atom. The molecule has 1 aliphatic heterocycles. The summed E-state index contributed by atoms with van der Waals surface area (Å²) in [4.78, 5) is 2.18. The van der Waals surface area contributed by atoms with E-state index in [1.54, 1.807) is 0 Å². The van der Waals surface area contributed by atoms with Crippen LogP contribution in [0, 0.1) is 0 Å². The molecule has 0 amide bonds. The summed E-state index contributed by atoms with van der Waals surface area (Å²) in [5.74, 6) is 0. The Labute approximate surface area is 163 Å². The average Bonchev–Trinajstić information content (AvgIpc) is 2.92. The second-order valence-corrected chi connectivity index (χ2v) is 8.12. The van der Waals surface area contributed by atoms with Crippen molar-refractivity contribution in [2.45, 2.75) is 25.2 Å². The Morgan fingerprint density at radius 1 is 1.24 bits per heavy atom. The third-order valence-corrected chi connectivity index (χ3v) is 5.18. The van der Waals surface area contributed by atoms with Gasteiger partial charge in [-0.05, 0) is 55.4 Å². The van der Waals surface area contributed by atoms with Crippen LogP contribution in [0.3, 0.4) is 0 Å². The fourth-order valence-corrected chi connectivity index (χ4v) is 4.15. The van der Waals surface area contributed by atoms with Gasteiger partial charge >= 0.3 is 0 Å². The minimum Gasteiger partial charge on any atom is -0.373 e. The van der Waals surface area contributed by atoms with Crippen LogP contribution in [0.15, 0.2) is 46.9 Å². The van der Waals surface area contributed by atoms with Crippen LogP contribution >= 0.6 is 27.5 Å². The maximum atomic E-state index is 6.26. The number of hydrogen-bond donors (Lipinski definition) is 0. The lowest BCUT2D eigenvalue weighted by atomic mass is 9.90. The molecule has 1 unspecified atom stereocenters. The lowest BCUT2D eigenvalue weighted by Crippen LogP contribution is -2.35. The Kier molecular flexibility index (Phi) is 6.18. The predicted molar refractivity (Wildman–Crippen MR) is 105 cm³/mol. The van der Waals surface area contributed by atoms with Gasteiger partial charge in [-0.2, -0.15) is 0 Å². The molecular weight excluding hydrogens is 402 g/mol. The number of rotatable bonds is 7. The van der Waals surface area contributed by atoms with Gasteiger partial charge in [-0.3, -0.25) is 0 Å². The van der Waals surface area contributed by atoms with Crippen LogP contribution in [0.4, 0.5) is 0 Å². The molecule has 0 radical (unpaired) electrons. The van der Waals surface area contributed by atoms with Crippen LogP contribution in [0.5, 0.6) is 0 Å². The summed E-state index contributed by atoms with van der Waals surface area (Å²) in [5.41, 5.74) is 3.18. The molecule has 0 fully saturated rings. The average molecular weight is 425 g/mol. The monoisotopic (exact) mass is 423 g/mol. The lowest BCUT2D eigenvalue weighted by Gasteiger charge is -2.31. The van der Waals surface area contributed by atoms with Gasteiger partial charge in [0.1, 0.15) is 5.60 Å². The molecule has 3 rings (SSSR count). The fourth-order valence-electron chi connectivity index (χ4n) is 3.21. The summed E-state index contributed by atoms with van der Waals surface area (Å²) < 4.78 is 13.3. The van der Waals surface area contributed by atoms with E-state index in [0.717, 1.165) is 23.0 Å². The normalized spacial score (nSPS) is 19.4. The van der Waals surface area contributed by atoms with Crippen LogP contribution in [0.25, 0.3) is 0 Å². The standard InChI is InChI=1S/C20H23BrClNO2/c1-23(2)8-7-20(19-6-4-3-5-16(19)13-25-20)14-24-12-15-9-17(21)11-18(22)10-15/h3-6,9-11H,7-8,12-14H2,1-2H3. The minimum atomic E-state index is -0.378. The Morgan fingerprint density at radius 3 is 2.80 bits per heavy atom. The van der Waals surface area contributed by atoms with Gasteiger partial charge in [-0.15, -0.1) is 0 Å². The predicted octanol–water partition coefficient (Wildman–Crippen LogP) is 5.00. The zero-order chi connectivity index (χ0) is 17.9. The van der Waals surface area contributed by atoms with Gasteiger partial charge in [0.15, 0.2) is 0 Å². The molecule has 2 aromatic carbocycles. The molecule has 0 bridgehead atoms. The zero-order valence-corrected chi connectivity index (χ0v) is 16.9. The van der Waals surface area contributed by atoms with E-state index in [-0.39, 0.29) is 5.60 Å². The van der Waals surface area contributed by atoms with Crippen LogP contribution in [0.1, 0.15) is 23.1 Å². The summed E-state index contributed by atoms with van der Waals surface area (Å²) >= 11 is 9.59. The van der Waals surface area contributed by atoms with Crippen molar-refractivity contribution in [3.63, 3.8) is 0 Å². The molecule has 1 heterocycles. The summed E-state index contributed by atoms with van der Waals surface area (Å²) in [5, 5.41) is 0.706. The molecule has 0 spiro atoms. The van der Waals surface area contributed by atoms with E-state index >= 15 is 0 Å². The van der Waals surface area contributed by atoms with E-state index in [0.29, 0.717) is 24.8 Å². The number of hydrogen-bond acceptors (Lipinski definition) is 3. The van der Waals surface area contributed by atoms with E-state index in [9.17, 15) is 0 Å². The molecule has 0 saturated heterocycles. The van der Waals surface area contributed by atoms with Crippen LogP contribution in [0.2, 0.25) is 5.02 Å². The van der Waals surface area contributed by atoms with Crippen molar-refractivity contribution < 1.29 is 9.47 Å². The van der Waals surface area contributed by atoms with Gasteiger partial charge in [-0.25, -0.2) is 0 Å². The highest BCUT2D eigenvalue weighted by molar-refractivity contribution is 9.10. The summed E-state index contributed by atoms with van der Waals surface area (Å²) in [6, 6.07) is 14.3. The summed E-state index contributed by atoms with van der Waals surface area (Å²) in [6.07, 6.45) is 0.899. The first-order valence-corrected chi connectivity index (χ1v) is 9.55. The van der Waals surface area contributed by atoms with E-state index in [1.165, 1.54) is 11.1 Å². The van der Waals surface area contributed by atoms with Gasteiger partial charge in [0.05, 0.1) is 19.8 Å².